The molecule has 2 aromatic rings. The minimum Gasteiger partial charge on any atom is -0.478 e. The van der Waals surface area contributed by atoms with Crippen molar-refractivity contribution in [3.05, 3.63) is 35.6 Å². The van der Waals surface area contributed by atoms with Crippen LogP contribution in [0.25, 0.3) is 11.0 Å². The Hall–Kier alpha value is -1.82. The summed E-state index contributed by atoms with van der Waals surface area (Å²) in [6, 6.07) is 4.62. The molecule has 0 aliphatic carbocycles. The molecular weight excluding hydrogens is 244 g/mol. The third-order valence-corrected chi connectivity index (χ3v) is 3.16. The lowest BCUT2D eigenvalue weighted by Crippen LogP contribution is -2.00. The third-order valence-electron chi connectivity index (χ3n) is 2.33. The number of carboxylic acids is 1. The van der Waals surface area contributed by atoms with Crippen LogP contribution in [-0.4, -0.2) is 25.7 Å². The maximum atomic E-state index is 11.2. The van der Waals surface area contributed by atoms with E-state index in [1.807, 2.05) is 0 Å². The number of aromatic carboxylic acids is 1. The molecule has 90 valence electrons. The number of hydrogen-bond donors (Lipinski definition) is 1. The summed E-state index contributed by atoms with van der Waals surface area (Å²) in [5, 5.41) is 9.47. The van der Waals surface area contributed by atoms with Gasteiger partial charge in [0.2, 0.25) is 0 Å². The van der Waals surface area contributed by atoms with E-state index >= 15 is 0 Å². The van der Waals surface area contributed by atoms with Crippen molar-refractivity contribution in [3.8, 4) is 0 Å². The average Bonchev–Trinajstić information content (AvgIpc) is 2.59. The average molecular weight is 254 g/mol. The van der Waals surface area contributed by atoms with Crippen LogP contribution in [0.5, 0.6) is 0 Å². The van der Waals surface area contributed by atoms with Gasteiger partial charge in [-0.2, -0.15) is 0 Å². The van der Waals surface area contributed by atoms with Gasteiger partial charge in [0.1, 0.15) is 11.1 Å². The number of rotatable bonds is 3. The third kappa shape index (κ3) is 2.31. The van der Waals surface area contributed by atoms with Gasteiger partial charge in [0.25, 0.3) is 0 Å². The number of benzene rings is 1. The number of sulfone groups is 1. The quantitative estimate of drug-likeness (QED) is 0.900. The fourth-order valence-electron chi connectivity index (χ4n) is 1.67. The first-order chi connectivity index (χ1) is 7.88. The first-order valence-electron chi connectivity index (χ1n) is 4.78. The lowest BCUT2D eigenvalue weighted by molar-refractivity contribution is 0.0698. The zero-order valence-electron chi connectivity index (χ0n) is 9.00. The van der Waals surface area contributed by atoms with E-state index in [0.29, 0.717) is 10.9 Å². The van der Waals surface area contributed by atoms with Gasteiger partial charge in [-0.3, -0.25) is 0 Å². The van der Waals surface area contributed by atoms with Crippen molar-refractivity contribution >= 4 is 26.8 Å². The summed E-state index contributed by atoms with van der Waals surface area (Å²) in [5.41, 5.74) is 0.714. The highest BCUT2D eigenvalue weighted by molar-refractivity contribution is 7.89. The van der Waals surface area contributed by atoms with Crippen molar-refractivity contribution in [2.45, 2.75) is 5.75 Å². The molecule has 0 amide bonds. The largest absolute Gasteiger partial charge is 0.478 e. The zero-order valence-corrected chi connectivity index (χ0v) is 9.82. The van der Waals surface area contributed by atoms with Crippen LogP contribution in [0.2, 0.25) is 0 Å². The number of carbonyl (C=O) groups is 1. The molecule has 1 aromatic heterocycles. The Morgan fingerprint density at radius 2 is 2.12 bits per heavy atom. The molecule has 1 N–H and O–H groups in total. The number of furan rings is 1. The molecule has 5 nitrogen and oxygen atoms in total. The van der Waals surface area contributed by atoms with Crippen LogP contribution in [0.4, 0.5) is 0 Å². The predicted molar refractivity (Wildman–Crippen MR) is 61.7 cm³/mol. The highest BCUT2D eigenvalue weighted by Crippen LogP contribution is 2.25. The maximum absolute atomic E-state index is 11.2. The van der Waals surface area contributed by atoms with Crippen LogP contribution in [-0.2, 0) is 15.6 Å². The second-order valence-corrected chi connectivity index (χ2v) is 5.96. The molecule has 0 aliphatic rings. The molecule has 2 rings (SSSR count). The monoisotopic (exact) mass is 254 g/mol. The Balaban J connectivity index is 2.63. The summed E-state index contributed by atoms with van der Waals surface area (Å²) >= 11 is 0. The number of para-hydroxylation sites is 1. The van der Waals surface area contributed by atoms with Gasteiger partial charge in [0.15, 0.2) is 9.84 Å². The van der Waals surface area contributed by atoms with Crippen LogP contribution in [0, 0.1) is 0 Å². The molecule has 0 atom stereocenters. The summed E-state index contributed by atoms with van der Waals surface area (Å²) in [6.07, 6.45) is 2.41. The van der Waals surface area contributed by atoms with Crippen molar-refractivity contribution < 1.29 is 22.7 Å². The van der Waals surface area contributed by atoms with Crippen molar-refractivity contribution in [3.63, 3.8) is 0 Å². The predicted octanol–water partition coefficient (Wildman–Crippen LogP) is 1.68. The first-order valence-corrected chi connectivity index (χ1v) is 6.84. The molecule has 0 aliphatic heterocycles. The van der Waals surface area contributed by atoms with Crippen LogP contribution < -0.4 is 0 Å². The standard InChI is InChI=1S/C11H10O5S/c1-17(14,15)6-7-5-16-10-8(7)3-2-4-9(10)11(12)13/h2-5H,6H2,1H3,(H,12,13). The van der Waals surface area contributed by atoms with E-state index < -0.39 is 15.8 Å². The Bertz CT molecular complexity index is 681. The lowest BCUT2D eigenvalue weighted by Gasteiger charge is -1.97. The van der Waals surface area contributed by atoms with E-state index in [0.717, 1.165) is 6.26 Å². The molecule has 0 bridgehead atoms. The molecule has 0 saturated carbocycles. The van der Waals surface area contributed by atoms with E-state index in [1.54, 1.807) is 12.1 Å². The normalized spacial score (nSPS) is 11.8. The first kappa shape index (κ1) is 11.7. The number of carboxylic acid groups (broad SMARTS) is 1. The van der Waals surface area contributed by atoms with E-state index in [-0.39, 0.29) is 16.9 Å². The Morgan fingerprint density at radius 3 is 2.71 bits per heavy atom. The van der Waals surface area contributed by atoms with E-state index in [2.05, 4.69) is 0 Å². The van der Waals surface area contributed by atoms with E-state index in [1.165, 1.54) is 12.3 Å². The van der Waals surface area contributed by atoms with Gasteiger partial charge in [0.05, 0.1) is 12.0 Å². The van der Waals surface area contributed by atoms with Crippen LogP contribution in [0.15, 0.2) is 28.9 Å². The topological polar surface area (TPSA) is 84.6 Å². The molecule has 0 fully saturated rings. The van der Waals surface area contributed by atoms with Gasteiger partial charge in [0, 0.05) is 17.2 Å². The van der Waals surface area contributed by atoms with Crippen LogP contribution in [0.3, 0.4) is 0 Å². The van der Waals surface area contributed by atoms with Gasteiger partial charge < -0.3 is 9.52 Å². The van der Waals surface area contributed by atoms with E-state index in [9.17, 15) is 13.2 Å². The molecule has 0 saturated heterocycles. The second-order valence-electron chi connectivity index (χ2n) is 3.82. The minimum atomic E-state index is -3.18. The summed E-state index contributed by atoms with van der Waals surface area (Å²) in [4.78, 5) is 10.9. The summed E-state index contributed by atoms with van der Waals surface area (Å²) in [6.45, 7) is 0. The molecule has 17 heavy (non-hydrogen) atoms. The zero-order chi connectivity index (χ0) is 12.6. The van der Waals surface area contributed by atoms with Gasteiger partial charge in [-0.25, -0.2) is 13.2 Å². The molecule has 1 aromatic carbocycles. The van der Waals surface area contributed by atoms with Crippen LogP contribution >= 0.6 is 0 Å². The van der Waals surface area contributed by atoms with Crippen LogP contribution in [0.1, 0.15) is 15.9 Å². The molecule has 0 unspecified atom stereocenters. The molecule has 1 heterocycles. The van der Waals surface area contributed by atoms with Gasteiger partial charge in [-0.1, -0.05) is 12.1 Å². The maximum Gasteiger partial charge on any atom is 0.339 e. The Labute approximate surface area is 97.6 Å². The van der Waals surface area contributed by atoms with E-state index in [4.69, 9.17) is 9.52 Å². The molecule has 0 radical (unpaired) electrons. The SMILES string of the molecule is CS(=O)(=O)Cc1coc2c(C(=O)O)cccc12. The Kier molecular flexibility index (Phi) is 2.66. The number of hydrogen-bond acceptors (Lipinski definition) is 4. The lowest BCUT2D eigenvalue weighted by atomic mass is 10.1. The highest BCUT2D eigenvalue weighted by Gasteiger charge is 2.16. The Morgan fingerprint density at radius 1 is 1.41 bits per heavy atom. The van der Waals surface area contributed by atoms with Crippen molar-refractivity contribution in [1.82, 2.24) is 0 Å². The smallest absolute Gasteiger partial charge is 0.339 e. The van der Waals surface area contributed by atoms with Crippen molar-refractivity contribution in [2.24, 2.45) is 0 Å². The molecular formula is C11H10O5S. The summed E-state index contributed by atoms with van der Waals surface area (Å²) in [5.74, 6) is -1.26. The highest BCUT2D eigenvalue weighted by atomic mass is 32.2. The fraction of sp³-hybridized carbons (Fsp3) is 0.182. The second kappa shape index (κ2) is 3.89. The van der Waals surface area contributed by atoms with Gasteiger partial charge >= 0.3 is 5.97 Å². The minimum absolute atomic E-state index is 0.0299. The summed E-state index contributed by atoms with van der Waals surface area (Å²) in [7, 11) is -3.18. The van der Waals surface area contributed by atoms with Crippen molar-refractivity contribution in [2.75, 3.05) is 6.26 Å². The molecule has 0 spiro atoms. The van der Waals surface area contributed by atoms with Gasteiger partial charge in [-0.15, -0.1) is 0 Å². The fourth-order valence-corrected chi connectivity index (χ4v) is 2.46. The summed E-state index contributed by atoms with van der Waals surface area (Å²) < 4.78 is 27.5. The molecule has 6 heteroatoms. The van der Waals surface area contributed by atoms with Gasteiger partial charge in [-0.05, 0) is 6.07 Å². The number of fused-ring (bicyclic) bond motifs is 1. The van der Waals surface area contributed by atoms with Crippen molar-refractivity contribution in [1.29, 1.82) is 0 Å².